The van der Waals surface area contributed by atoms with Crippen molar-refractivity contribution in [3.63, 3.8) is 0 Å². The lowest BCUT2D eigenvalue weighted by atomic mass is 10.2. The quantitative estimate of drug-likeness (QED) is 0.677. The number of rotatable bonds is 4. The van der Waals surface area contributed by atoms with Gasteiger partial charge in [0.15, 0.2) is 6.29 Å². The number of benzene rings is 2. The van der Waals surface area contributed by atoms with Crippen molar-refractivity contribution in [3.8, 4) is 5.75 Å². The molecule has 3 aromatic rings. The molecule has 1 heterocycles. The van der Waals surface area contributed by atoms with Crippen LogP contribution in [0.15, 0.2) is 53.4 Å². The Hall–Kier alpha value is -2.31. The molecule has 0 bridgehead atoms. The van der Waals surface area contributed by atoms with Crippen LogP contribution in [0.1, 0.15) is 10.5 Å². The van der Waals surface area contributed by atoms with Crippen LogP contribution in [0.5, 0.6) is 5.75 Å². The van der Waals surface area contributed by atoms with Crippen LogP contribution in [0, 0.1) is 0 Å². The minimum absolute atomic E-state index is 0.000920. The highest BCUT2D eigenvalue weighted by Gasteiger charge is 2.24. The van der Waals surface area contributed by atoms with Gasteiger partial charge in [-0.1, -0.05) is 29.8 Å². The van der Waals surface area contributed by atoms with E-state index in [-0.39, 0.29) is 15.6 Å². The largest absolute Gasteiger partial charge is 0.495 e. The van der Waals surface area contributed by atoms with Gasteiger partial charge < -0.3 is 4.74 Å². The summed E-state index contributed by atoms with van der Waals surface area (Å²) in [6.45, 7) is 0. The summed E-state index contributed by atoms with van der Waals surface area (Å²) in [4.78, 5) is 11.5. The fraction of sp³-hybridized carbons (Fsp3) is 0.0625. The second kappa shape index (κ2) is 5.72. The zero-order valence-electron chi connectivity index (χ0n) is 12.1. The first-order valence-electron chi connectivity index (χ1n) is 6.64. The van der Waals surface area contributed by atoms with Crippen molar-refractivity contribution in [2.75, 3.05) is 7.11 Å². The third kappa shape index (κ3) is 2.40. The first kappa shape index (κ1) is 15.6. The SMILES string of the molecule is COc1ccc2c(cc(C=O)n2S(=O)(=O)c2ccccc2)c1Cl. The number of halogens is 1. The normalized spacial score (nSPS) is 11.6. The Morgan fingerprint density at radius 1 is 1.13 bits per heavy atom. The molecule has 0 fully saturated rings. The Bertz CT molecular complexity index is 994. The van der Waals surface area contributed by atoms with E-state index >= 15 is 0 Å². The number of methoxy groups -OCH3 is 1. The van der Waals surface area contributed by atoms with E-state index in [9.17, 15) is 13.2 Å². The molecule has 7 heteroatoms. The topological polar surface area (TPSA) is 65.4 Å². The van der Waals surface area contributed by atoms with Gasteiger partial charge in [-0.3, -0.25) is 4.79 Å². The predicted octanol–water partition coefficient (Wildman–Crippen LogP) is 3.35. The minimum atomic E-state index is -3.92. The van der Waals surface area contributed by atoms with Crippen molar-refractivity contribution < 1.29 is 17.9 Å². The van der Waals surface area contributed by atoms with Crippen molar-refractivity contribution in [1.29, 1.82) is 0 Å². The molecule has 0 spiro atoms. The number of aldehydes is 1. The fourth-order valence-corrected chi connectivity index (χ4v) is 4.22. The number of carbonyl (C=O) groups excluding carboxylic acids is 1. The Kier molecular flexibility index (Phi) is 3.87. The Labute approximate surface area is 138 Å². The fourth-order valence-electron chi connectivity index (χ4n) is 2.43. The highest BCUT2D eigenvalue weighted by Crippen LogP contribution is 2.35. The van der Waals surface area contributed by atoms with Crippen LogP contribution in [0.3, 0.4) is 0 Å². The number of nitrogens with zero attached hydrogens (tertiary/aromatic N) is 1. The maximum absolute atomic E-state index is 12.9. The molecule has 1 aromatic heterocycles. The summed E-state index contributed by atoms with van der Waals surface area (Å²) < 4.78 is 31.9. The molecule has 0 radical (unpaired) electrons. The Balaban J connectivity index is 2.38. The summed E-state index contributed by atoms with van der Waals surface area (Å²) in [6.07, 6.45) is 0.489. The lowest BCUT2D eigenvalue weighted by molar-refractivity contribution is 0.111. The molecule has 3 rings (SSSR count). The maximum atomic E-state index is 12.9. The van der Waals surface area contributed by atoms with Gasteiger partial charge in [0.1, 0.15) is 5.75 Å². The monoisotopic (exact) mass is 349 g/mol. The molecule has 0 aliphatic carbocycles. The summed E-state index contributed by atoms with van der Waals surface area (Å²) >= 11 is 6.23. The van der Waals surface area contributed by atoms with Gasteiger partial charge in [0, 0.05) is 5.39 Å². The van der Waals surface area contributed by atoms with Crippen molar-refractivity contribution in [1.82, 2.24) is 3.97 Å². The molecular weight excluding hydrogens is 338 g/mol. The maximum Gasteiger partial charge on any atom is 0.268 e. The zero-order valence-corrected chi connectivity index (χ0v) is 13.6. The van der Waals surface area contributed by atoms with E-state index in [4.69, 9.17) is 16.3 Å². The predicted molar refractivity (Wildman–Crippen MR) is 87.9 cm³/mol. The number of ether oxygens (including phenoxy) is 1. The molecule has 0 unspecified atom stereocenters. The van der Waals surface area contributed by atoms with E-state index in [1.165, 1.54) is 25.3 Å². The second-order valence-electron chi connectivity index (χ2n) is 4.78. The van der Waals surface area contributed by atoms with Crippen molar-refractivity contribution in [2.45, 2.75) is 4.90 Å². The minimum Gasteiger partial charge on any atom is -0.495 e. The molecule has 0 saturated carbocycles. The lowest BCUT2D eigenvalue weighted by Crippen LogP contribution is -2.15. The number of fused-ring (bicyclic) bond motifs is 1. The first-order valence-corrected chi connectivity index (χ1v) is 8.46. The van der Waals surface area contributed by atoms with Crippen LogP contribution in [0.4, 0.5) is 0 Å². The third-order valence-corrected chi connectivity index (χ3v) is 5.63. The number of hydrogen-bond acceptors (Lipinski definition) is 4. The van der Waals surface area contributed by atoms with Crippen LogP contribution in [0.2, 0.25) is 5.02 Å². The van der Waals surface area contributed by atoms with Gasteiger partial charge in [0.05, 0.1) is 28.2 Å². The van der Waals surface area contributed by atoms with Gasteiger partial charge in [-0.2, -0.15) is 0 Å². The average Bonchev–Trinajstić information content (AvgIpc) is 2.96. The highest BCUT2D eigenvalue weighted by atomic mass is 35.5. The first-order chi connectivity index (χ1) is 11.0. The van der Waals surface area contributed by atoms with E-state index in [0.29, 0.717) is 22.9 Å². The summed E-state index contributed by atoms with van der Waals surface area (Å²) in [6, 6.07) is 12.5. The molecule has 0 N–H and O–H groups in total. The van der Waals surface area contributed by atoms with E-state index in [1.54, 1.807) is 30.3 Å². The van der Waals surface area contributed by atoms with Gasteiger partial charge in [0.25, 0.3) is 10.0 Å². The molecule has 0 atom stereocenters. The van der Waals surface area contributed by atoms with E-state index in [1.807, 2.05) is 0 Å². The molecule has 0 saturated heterocycles. The summed E-state index contributed by atoms with van der Waals surface area (Å²) in [5.41, 5.74) is 0.320. The van der Waals surface area contributed by atoms with Crippen LogP contribution in [0.25, 0.3) is 10.9 Å². The third-order valence-electron chi connectivity index (χ3n) is 3.49. The van der Waals surface area contributed by atoms with Gasteiger partial charge >= 0.3 is 0 Å². The molecule has 0 amide bonds. The number of hydrogen-bond donors (Lipinski definition) is 0. The van der Waals surface area contributed by atoms with Crippen LogP contribution < -0.4 is 4.74 Å². The number of carbonyl (C=O) groups is 1. The van der Waals surface area contributed by atoms with E-state index in [2.05, 4.69) is 0 Å². The summed E-state index contributed by atoms with van der Waals surface area (Å²) in [5.74, 6) is 0.408. The Morgan fingerprint density at radius 3 is 2.43 bits per heavy atom. The summed E-state index contributed by atoms with van der Waals surface area (Å²) in [7, 11) is -2.45. The van der Waals surface area contributed by atoms with E-state index in [0.717, 1.165) is 3.97 Å². The molecular formula is C16H12ClNO4S. The van der Waals surface area contributed by atoms with Gasteiger partial charge in [-0.25, -0.2) is 12.4 Å². The number of aromatic nitrogens is 1. The molecule has 5 nitrogen and oxygen atoms in total. The van der Waals surface area contributed by atoms with Crippen molar-refractivity contribution >= 4 is 38.8 Å². The van der Waals surface area contributed by atoms with Crippen molar-refractivity contribution in [2.24, 2.45) is 0 Å². The highest BCUT2D eigenvalue weighted by molar-refractivity contribution is 7.90. The average molecular weight is 350 g/mol. The van der Waals surface area contributed by atoms with Gasteiger partial charge in [-0.15, -0.1) is 0 Å². The molecule has 118 valence electrons. The standard InChI is InChI=1S/C16H12ClNO4S/c1-22-15-8-7-14-13(16(15)17)9-11(10-19)18(14)23(20,21)12-5-3-2-4-6-12/h2-10H,1H3. The smallest absolute Gasteiger partial charge is 0.268 e. The molecule has 23 heavy (non-hydrogen) atoms. The van der Waals surface area contributed by atoms with Gasteiger partial charge in [-0.05, 0) is 30.3 Å². The Morgan fingerprint density at radius 2 is 1.83 bits per heavy atom. The van der Waals surface area contributed by atoms with Crippen LogP contribution in [-0.4, -0.2) is 25.8 Å². The lowest BCUT2D eigenvalue weighted by Gasteiger charge is -2.10. The second-order valence-corrected chi connectivity index (χ2v) is 6.95. The van der Waals surface area contributed by atoms with Gasteiger partial charge in [0.2, 0.25) is 0 Å². The van der Waals surface area contributed by atoms with Crippen LogP contribution in [-0.2, 0) is 10.0 Å². The zero-order chi connectivity index (χ0) is 16.6. The van der Waals surface area contributed by atoms with E-state index < -0.39 is 10.0 Å². The molecule has 2 aromatic carbocycles. The molecule has 0 aliphatic heterocycles. The van der Waals surface area contributed by atoms with Crippen molar-refractivity contribution in [3.05, 3.63) is 59.2 Å². The summed E-state index contributed by atoms with van der Waals surface area (Å²) in [5, 5.41) is 0.697. The van der Waals surface area contributed by atoms with Crippen LogP contribution >= 0.6 is 11.6 Å². The molecule has 0 aliphatic rings.